The van der Waals surface area contributed by atoms with E-state index in [1.54, 1.807) is 20.0 Å². The zero-order valence-corrected chi connectivity index (χ0v) is 13.5. The third-order valence-corrected chi connectivity index (χ3v) is 3.45. The lowest BCUT2D eigenvalue weighted by Gasteiger charge is -2.14. The van der Waals surface area contributed by atoms with E-state index in [4.69, 9.17) is 4.74 Å². The Morgan fingerprint density at radius 1 is 1.41 bits per heavy atom. The minimum atomic E-state index is -0.514. The van der Waals surface area contributed by atoms with Crippen LogP contribution in [0, 0.1) is 13.8 Å². The zero-order chi connectivity index (χ0) is 16.3. The van der Waals surface area contributed by atoms with Crippen molar-refractivity contribution in [2.75, 3.05) is 18.5 Å². The molecule has 1 aromatic heterocycles. The minimum absolute atomic E-state index is 0.319. The highest BCUT2D eigenvalue weighted by molar-refractivity contribution is 6.04. The number of pyridine rings is 1. The number of fused-ring (bicyclic) bond motifs is 1. The topological polar surface area (TPSA) is 72.7 Å². The summed E-state index contributed by atoms with van der Waals surface area (Å²) in [7, 11) is 0. The fourth-order valence-corrected chi connectivity index (χ4v) is 2.53. The van der Waals surface area contributed by atoms with Crippen molar-refractivity contribution in [3.63, 3.8) is 0 Å². The van der Waals surface area contributed by atoms with Crippen molar-refractivity contribution < 1.29 is 19.6 Å². The van der Waals surface area contributed by atoms with Crippen LogP contribution < -0.4 is 10.3 Å². The lowest BCUT2D eigenvalue weighted by atomic mass is 10.0. The molecule has 2 aromatic rings. The molecule has 0 aliphatic heterocycles. The molecule has 3 N–H and O–H groups in total. The van der Waals surface area contributed by atoms with E-state index in [-0.39, 0.29) is 5.97 Å². The summed E-state index contributed by atoms with van der Waals surface area (Å²) in [5.74, 6) is -0.382. The van der Waals surface area contributed by atoms with Crippen LogP contribution in [0.5, 0.6) is 0 Å². The van der Waals surface area contributed by atoms with Gasteiger partial charge in [0, 0.05) is 12.1 Å². The van der Waals surface area contributed by atoms with Crippen LogP contribution in [-0.2, 0) is 4.74 Å². The van der Waals surface area contributed by atoms with Crippen LogP contribution in [0.3, 0.4) is 0 Å². The number of aromatic nitrogens is 1. The number of hydrogen-bond acceptors (Lipinski definition) is 4. The Kier molecular flexibility index (Phi) is 4.98. The highest BCUT2D eigenvalue weighted by Crippen LogP contribution is 2.28. The second kappa shape index (κ2) is 6.75. The predicted molar refractivity (Wildman–Crippen MR) is 86.1 cm³/mol. The number of aliphatic hydroxyl groups is 1. The lowest BCUT2D eigenvalue weighted by Crippen LogP contribution is -2.21. The van der Waals surface area contributed by atoms with Crippen molar-refractivity contribution in [2.24, 2.45) is 0 Å². The van der Waals surface area contributed by atoms with Crippen molar-refractivity contribution in [1.29, 1.82) is 0 Å². The fraction of sp³-hybridized carbons (Fsp3) is 0.412. The molecule has 0 spiro atoms. The third-order valence-electron chi connectivity index (χ3n) is 3.45. The van der Waals surface area contributed by atoms with E-state index < -0.39 is 6.10 Å². The third kappa shape index (κ3) is 3.36. The maximum Gasteiger partial charge on any atom is 0.346 e. The van der Waals surface area contributed by atoms with Gasteiger partial charge in [-0.25, -0.2) is 9.78 Å². The summed E-state index contributed by atoms with van der Waals surface area (Å²) in [5.41, 5.74) is 4.32. The fourth-order valence-electron chi connectivity index (χ4n) is 2.53. The van der Waals surface area contributed by atoms with Crippen LogP contribution in [0.4, 0.5) is 5.69 Å². The van der Waals surface area contributed by atoms with Gasteiger partial charge < -0.3 is 15.2 Å². The van der Waals surface area contributed by atoms with E-state index in [9.17, 15) is 9.90 Å². The summed E-state index contributed by atoms with van der Waals surface area (Å²) in [5, 5.41) is 13.6. The number of aromatic amines is 1. The van der Waals surface area contributed by atoms with Crippen molar-refractivity contribution in [2.45, 2.75) is 33.8 Å². The molecule has 0 aliphatic carbocycles. The van der Waals surface area contributed by atoms with E-state index in [2.05, 4.69) is 16.4 Å². The molecule has 1 atom stereocenters. The van der Waals surface area contributed by atoms with E-state index in [1.807, 2.05) is 19.9 Å². The minimum Gasteiger partial charge on any atom is -0.462 e. The molecule has 22 heavy (non-hydrogen) atoms. The first-order valence-electron chi connectivity index (χ1n) is 7.48. The monoisotopic (exact) mass is 303 g/mol. The summed E-state index contributed by atoms with van der Waals surface area (Å²) in [6.07, 6.45) is 1.15. The number of carbonyl (C=O) groups excluding carboxylic acids is 1. The Morgan fingerprint density at radius 3 is 2.77 bits per heavy atom. The zero-order valence-electron chi connectivity index (χ0n) is 13.5. The van der Waals surface area contributed by atoms with Gasteiger partial charge in [-0.1, -0.05) is 0 Å². The van der Waals surface area contributed by atoms with Crippen LogP contribution in [0.2, 0.25) is 0 Å². The number of rotatable bonds is 5. The number of anilines is 1. The van der Waals surface area contributed by atoms with Gasteiger partial charge in [0.15, 0.2) is 6.20 Å². The Labute approximate surface area is 130 Å². The molecule has 0 aliphatic rings. The maximum absolute atomic E-state index is 12.2. The normalized spacial score (nSPS) is 12.2. The molecule has 5 nitrogen and oxygen atoms in total. The molecule has 0 bridgehead atoms. The quantitative estimate of drug-likeness (QED) is 0.831. The van der Waals surface area contributed by atoms with Gasteiger partial charge in [0.2, 0.25) is 5.52 Å². The summed E-state index contributed by atoms with van der Waals surface area (Å²) in [6.45, 7) is 8.19. The molecular formula is C17H23N2O3+. The first-order valence-corrected chi connectivity index (χ1v) is 7.48. The van der Waals surface area contributed by atoms with Gasteiger partial charge in [0.05, 0.1) is 23.8 Å². The summed E-state index contributed by atoms with van der Waals surface area (Å²) >= 11 is 0. The molecular weight excluding hydrogens is 280 g/mol. The van der Waals surface area contributed by atoms with Gasteiger partial charge in [0.1, 0.15) is 5.56 Å². The van der Waals surface area contributed by atoms with Crippen molar-refractivity contribution in [3.8, 4) is 0 Å². The molecule has 0 fully saturated rings. The largest absolute Gasteiger partial charge is 0.462 e. The number of nitrogens with one attached hydrogen (secondary N) is 2. The number of benzene rings is 1. The SMILES string of the molecule is CCOC(=O)c1c[nH+]c2c(C)cc(C)cc2c1NC[C@H](C)O. The molecule has 0 saturated heterocycles. The van der Waals surface area contributed by atoms with E-state index in [0.29, 0.717) is 24.4 Å². The molecule has 0 amide bonds. The van der Waals surface area contributed by atoms with Crippen LogP contribution in [-0.4, -0.2) is 30.3 Å². The molecule has 5 heteroatoms. The summed E-state index contributed by atoms with van der Waals surface area (Å²) in [6, 6.07) is 4.10. The predicted octanol–water partition coefficient (Wildman–Crippen LogP) is 2.24. The number of carbonyl (C=O) groups is 1. The molecule has 1 heterocycles. The van der Waals surface area contributed by atoms with Crippen molar-refractivity contribution in [3.05, 3.63) is 35.0 Å². The molecule has 0 saturated carbocycles. The van der Waals surface area contributed by atoms with E-state index >= 15 is 0 Å². The van der Waals surface area contributed by atoms with Gasteiger partial charge in [-0.2, -0.15) is 0 Å². The average molecular weight is 303 g/mol. The molecule has 2 rings (SSSR count). The Balaban J connectivity index is 2.63. The second-order valence-electron chi connectivity index (χ2n) is 5.53. The number of esters is 1. The first-order chi connectivity index (χ1) is 10.4. The van der Waals surface area contributed by atoms with Crippen LogP contribution >= 0.6 is 0 Å². The van der Waals surface area contributed by atoms with E-state index in [0.717, 1.165) is 22.0 Å². The number of aryl methyl sites for hydroxylation is 2. The van der Waals surface area contributed by atoms with Gasteiger partial charge in [-0.05, 0) is 45.4 Å². The average Bonchev–Trinajstić information content (AvgIpc) is 2.44. The maximum atomic E-state index is 12.2. The van der Waals surface area contributed by atoms with Gasteiger partial charge in [-0.3, -0.25) is 0 Å². The van der Waals surface area contributed by atoms with Crippen molar-refractivity contribution >= 4 is 22.6 Å². The van der Waals surface area contributed by atoms with E-state index in [1.165, 1.54) is 0 Å². The van der Waals surface area contributed by atoms with Gasteiger partial charge >= 0.3 is 5.97 Å². The standard InChI is InChI=1S/C17H22N2O3/c1-5-22-17(21)14-9-19-15-11(3)6-10(2)7-13(15)16(14)18-8-12(4)20/h6-7,9,12,20H,5,8H2,1-4H3,(H,18,19)/p+1/t12-/m0/s1. The Bertz CT molecular complexity index is 696. The molecule has 0 unspecified atom stereocenters. The van der Waals surface area contributed by atoms with Gasteiger partial charge in [-0.15, -0.1) is 0 Å². The molecule has 0 radical (unpaired) electrons. The molecule has 1 aromatic carbocycles. The molecule has 118 valence electrons. The highest BCUT2D eigenvalue weighted by atomic mass is 16.5. The van der Waals surface area contributed by atoms with Crippen molar-refractivity contribution in [1.82, 2.24) is 0 Å². The number of H-pyrrole nitrogens is 1. The summed E-state index contributed by atoms with van der Waals surface area (Å²) < 4.78 is 5.12. The summed E-state index contributed by atoms with van der Waals surface area (Å²) in [4.78, 5) is 15.4. The Hall–Kier alpha value is -2.14. The Morgan fingerprint density at radius 2 is 2.14 bits per heavy atom. The van der Waals surface area contributed by atoms with Gasteiger partial charge in [0.25, 0.3) is 0 Å². The lowest BCUT2D eigenvalue weighted by molar-refractivity contribution is -0.345. The van der Waals surface area contributed by atoms with Crippen LogP contribution in [0.25, 0.3) is 10.9 Å². The number of aliphatic hydroxyl groups excluding tert-OH is 1. The highest BCUT2D eigenvalue weighted by Gasteiger charge is 2.21. The smallest absolute Gasteiger partial charge is 0.346 e. The van der Waals surface area contributed by atoms with Crippen LogP contribution in [0.1, 0.15) is 35.3 Å². The first kappa shape index (κ1) is 16.2. The second-order valence-corrected chi connectivity index (χ2v) is 5.53. The number of ether oxygens (including phenoxy) is 1. The van der Waals surface area contributed by atoms with Crippen LogP contribution in [0.15, 0.2) is 18.3 Å². The number of hydrogen-bond donors (Lipinski definition) is 2.